The number of carbonyl (C=O) groups excluding carboxylic acids is 1. The average Bonchev–Trinajstić information content (AvgIpc) is 2.40. The average molecular weight is 265 g/mol. The number of hydrogen-bond acceptors (Lipinski definition) is 2. The Balaban J connectivity index is 1.71. The van der Waals surface area contributed by atoms with Crippen molar-refractivity contribution in [3.05, 3.63) is 0 Å². The van der Waals surface area contributed by atoms with Crippen LogP contribution in [0.15, 0.2) is 0 Å². The standard InChI is InChI=1S/C16H27NO2/c1-15(2,3)19-14(18)17-16-8-11-4-5-12(9-16)7-13(6-11)10-16/h11-13H,4-10H2,1-3H3,(H,17,18). The lowest BCUT2D eigenvalue weighted by molar-refractivity contribution is 0.0247. The molecule has 4 aliphatic carbocycles. The summed E-state index contributed by atoms with van der Waals surface area (Å²) >= 11 is 0. The maximum absolute atomic E-state index is 12.1. The maximum atomic E-state index is 12.1. The number of nitrogens with one attached hydrogen (secondary N) is 1. The molecule has 0 aliphatic heterocycles. The minimum absolute atomic E-state index is 0.0509. The van der Waals surface area contributed by atoms with Crippen molar-refractivity contribution in [2.75, 3.05) is 0 Å². The molecule has 4 saturated carbocycles. The Kier molecular flexibility index (Phi) is 3.06. The smallest absolute Gasteiger partial charge is 0.408 e. The van der Waals surface area contributed by atoms with Gasteiger partial charge in [-0.15, -0.1) is 0 Å². The fourth-order valence-electron chi connectivity index (χ4n) is 4.86. The van der Waals surface area contributed by atoms with Gasteiger partial charge in [-0.1, -0.05) is 12.8 Å². The Morgan fingerprint density at radius 3 is 2.11 bits per heavy atom. The quantitative estimate of drug-likeness (QED) is 0.781. The highest BCUT2D eigenvalue weighted by Gasteiger charge is 2.49. The molecule has 0 radical (unpaired) electrons. The molecule has 3 nitrogen and oxygen atoms in total. The first-order valence-electron chi connectivity index (χ1n) is 7.85. The Morgan fingerprint density at radius 1 is 1.05 bits per heavy atom. The van der Waals surface area contributed by atoms with Gasteiger partial charge in [0.2, 0.25) is 0 Å². The van der Waals surface area contributed by atoms with Gasteiger partial charge in [-0.3, -0.25) is 0 Å². The number of ether oxygens (including phenoxy) is 1. The van der Waals surface area contributed by atoms with Crippen LogP contribution in [0.4, 0.5) is 4.79 Å². The van der Waals surface area contributed by atoms with Crippen molar-refractivity contribution in [1.82, 2.24) is 5.32 Å². The highest BCUT2D eigenvalue weighted by atomic mass is 16.6. The van der Waals surface area contributed by atoms with E-state index in [0.717, 1.165) is 17.8 Å². The SMILES string of the molecule is CC(C)(C)OC(=O)NC12CC3CCC(CC(C3)C1)C2. The fourth-order valence-corrected chi connectivity index (χ4v) is 4.86. The van der Waals surface area contributed by atoms with Gasteiger partial charge in [-0.2, -0.15) is 0 Å². The van der Waals surface area contributed by atoms with Crippen molar-refractivity contribution >= 4 is 6.09 Å². The van der Waals surface area contributed by atoms with Crippen molar-refractivity contribution in [3.8, 4) is 0 Å². The summed E-state index contributed by atoms with van der Waals surface area (Å²) in [6, 6.07) is 0. The minimum atomic E-state index is -0.400. The van der Waals surface area contributed by atoms with E-state index < -0.39 is 5.60 Å². The second kappa shape index (κ2) is 4.39. The normalized spacial score (nSPS) is 40.9. The topological polar surface area (TPSA) is 38.3 Å². The number of hydrogen-bond donors (Lipinski definition) is 1. The van der Waals surface area contributed by atoms with Crippen LogP contribution in [-0.4, -0.2) is 17.2 Å². The summed E-state index contributed by atoms with van der Waals surface area (Å²) < 4.78 is 5.47. The summed E-state index contributed by atoms with van der Waals surface area (Å²) in [5.74, 6) is 2.51. The minimum Gasteiger partial charge on any atom is -0.444 e. The molecule has 0 aromatic carbocycles. The van der Waals surface area contributed by atoms with Gasteiger partial charge in [0, 0.05) is 5.54 Å². The molecular formula is C16H27NO2. The molecule has 1 amide bonds. The Bertz CT molecular complexity index is 355. The van der Waals surface area contributed by atoms with Crippen LogP contribution in [0.2, 0.25) is 0 Å². The van der Waals surface area contributed by atoms with Gasteiger partial charge in [0.25, 0.3) is 0 Å². The molecule has 0 aromatic rings. The van der Waals surface area contributed by atoms with E-state index in [9.17, 15) is 4.79 Å². The third kappa shape index (κ3) is 2.90. The van der Waals surface area contributed by atoms with Gasteiger partial charge in [0.05, 0.1) is 0 Å². The molecule has 4 fully saturated rings. The van der Waals surface area contributed by atoms with Gasteiger partial charge in [0.1, 0.15) is 5.60 Å². The lowest BCUT2D eigenvalue weighted by Gasteiger charge is -2.48. The number of fused-ring (bicyclic) bond motifs is 1. The molecule has 0 saturated heterocycles. The first-order valence-corrected chi connectivity index (χ1v) is 7.85. The second-order valence-electron chi connectivity index (χ2n) is 8.17. The third-order valence-corrected chi connectivity index (χ3v) is 5.12. The van der Waals surface area contributed by atoms with Crippen LogP contribution in [0.5, 0.6) is 0 Å². The van der Waals surface area contributed by atoms with Gasteiger partial charge < -0.3 is 10.1 Å². The Labute approximate surface area is 116 Å². The van der Waals surface area contributed by atoms with Crippen molar-refractivity contribution in [3.63, 3.8) is 0 Å². The van der Waals surface area contributed by atoms with E-state index in [1.54, 1.807) is 0 Å². The van der Waals surface area contributed by atoms with Crippen LogP contribution in [0.1, 0.15) is 65.7 Å². The molecule has 19 heavy (non-hydrogen) atoms. The molecule has 4 aliphatic rings. The van der Waals surface area contributed by atoms with Crippen LogP contribution in [0.3, 0.4) is 0 Å². The molecule has 2 unspecified atom stereocenters. The summed E-state index contributed by atoms with van der Waals surface area (Å²) in [5.41, 5.74) is -0.349. The van der Waals surface area contributed by atoms with Crippen LogP contribution >= 0.6 is 0 Å². The van der Waals surface area contributed by atoms with E-state index in [0.29, 0.717) is 0 Å². The largest absolute Gasteiger partial charge is 0.444 e. The molecular weight excluding hydrogens is 238 g/mol. The molecule has 4 rings (SSSR count). The highest BCUT2D eigenvalue weighted by Crippen LogP contribution is 2.53. The van der Waals surface area contributed by atoms with Crippen molar-refractivity contribution < 1.29 is 9.53 Å². The summed E-state index contributed by atoms with van der Waals surface area (Å²) in [7, 11) is 0. The zero-order chi connectivity index (χ0) is 13.7. The first-order chi connectivity index (χ1) is 8.84. The van der Waals surface area contributed by atoms with E-state index in [4.69, 9.17) is 4.74 Å². The van der Waals surface area contributed by atoms with Crippen molar-refractivity contribution in [2.45, 2.75) is 76.9 Å². The predicted molar refractivity (Wildman–Crippen MR) is 74.9 cm³/mol. The summed E-state index contributed by atoms with van der Waals surface area (Å²) in [4.78, 5) is 12.1. The first kappa shape index (κ1) is 13.3. The van der Waals surface area contributed by atoms with Crippen LogP contribution < -0.4 is 5.32 Å². The van der Waals surface area contributed by atoms with Crippen molar-refractivity contribution in [1.29, 1.82) is 0 Å². The van der Waals surface area contributed by atoms with Gasteiger partial charge >= 0.3 is 6.09 Å². The Morgan fingerprint density at radius 2 is 1.58 bits per heavy atom. The molecule has 3 heteroatoms. The number of amides is 1. The second-order valence-corrected chi connectivity index (χ2v) is 8.17. The van der Waals surface area contributed by atoms with E-state index in [1.807, 2.05) is 20.8 Å². The number of rotatable bonds is 1. The van der Waals surface area contributed by atoms with Crippen LogP contribution in [0.25, 0.3) is 0 Å². The van der Waals surface area contributed by atoms with Crippen molar-refractivity contribution in [2.24, 2.45) is 17.8 Å². The van der Waals surface area contributed by atoms with Gasteiger partial charge in [-0.25, -0.2) is 4.79 Å². The van der Waals surface area contributed by atoms with E-state index >= 15 is 0 Å². The molecule has 0 heterocycles. The summed E-state index contributed by atoms with van der Waals surface area (Å²) in [5, 5.41) is 3.26. The van der Waals surface area contributed by atoms with Crippen LogP contribution in [-0.2, 0) is 4.74 Å². The molecule has 2 atom stereocenters. The third-order valence-electron chi connectivity index (χ3n) is 5.12. The summed E-state index contributed by atoms with van der Waals surface area (Å²) in [6.07, 6.45) is 8.87. The van der Waals surface area contributed by atoms with Crippen LogP contribution in [0, 0.1) is 17.8 Å². The number of carbonyl (C=O) groups is 1. The highest BCUT2D eigenvalue weighted by molar-refractivity contribution is 5.69. The molecule has 0 spiro atoms. The van der Waals surface area contributed by atoms with Gasteiger partial charge in [-0.05, 0) is 70.6 Å². The lowest BCUT2D eigenvalue weighted by atomic mass is 9.63. The zero-order valence-corrected chi connectivity index (χ0v) is 12.5. The number of alkyl carbamates (subject to hydrolysis) is 1. The van der Waals surface area contributed by atoms with E-state index in [-0.39, 0.29) is 11.6 Å². The molecule has 1 N–H and O–H groups in total. The predicted octanol–water partition coefficient (Wildman–Crippen LogP) is 3.87. The Hall–Kier alpha value is -0.730. The summed E-state index contributed by atoms with van der Waals surface area (Å²) in [6.45, 7) is 5.79. The molecule has 0 aromatic heterocycles. The monoisotopic (exact) mass is 265 g/mol. The maximum Gasteiger partial charge on any atom is 0.408 e. The van der Waals surface area contributed by atoms with E-state index in [1.165, 1.54) is 44.9 Å². The van der Waals surface area contributed by atoms with Gasteiger partial charge in [0.15, 0.2) is 0 Å². The molecule has 4 bridgehead atoms. The molecule has 108 valence electrons. The lowest BCUT2D eigenvalue weighted by Crippen LogP contribution is -2.56. The fraction of sp³-hybridized carbons (Fsp3) is 0.938. The van der Waals surface area contributed by atoms with E-state index in [2.05, 4.69) is 5.32 Å². The zero-order valence-electron chi connectivity index (χ0n) is 12.5.